The van der Waals surface area contributed by atoms with E-state index < -0.39 is 0 Å². The predicted molar refractivity (Wildman–Crippen MR) is 92.3 cm³/mol. The van der Waals surface area contributed by atoms with E-state index in [1.807, 2.05) is 0 Å². The Labute approximate surface area is 140 Å². The summed E-state index contributed by atoms with van der Waals surface area (Å²) in [6, 6.07) is 6.81. The molecule has 0 saturated carbocycles. The number of carbonyl (C=O) groups is 1. The Bertz CT molecular complexity index is 810. The number of aromatic nitrogens is 1. The molecule has 2 heterocycles. The molecule has 2 aromatic rings. The van der Waals surface area contributed by atoms with Gasteiger partial charge in [0.2, 0.25) is 0 Å². The van der Waals surface area contributed by atoms with Crippen LogP contribution in [0, 0.1) is 6.92 Å². The van der Waals surface area contributed by atoms with Gasteiger partial charge in [0.25, 0.3) is 11.5 Å². The van der Waals surface area contributed by atoms with Crippen LogP contribution in [-0.2, 0) is 7.05 Å². The molecule has 1 aromatic heterocycles. The zero-order valence-corrected chi connectivity index (χ0v) is 13.9. The fourth-order valence-corrected chi connectivity index (χ4v) is 2.97. The van der Waals surface area contributed by atoms with Gasteiger partial charge in [0, 0.05) is 45.0 Å². The third-order valence-electron chi connectivity index (χ3n) is 4.33. The highest BCUT2D eigenvalue weighted by atomic mass is 16.3. The number of nitrogens with zero attached hydrogens (tertiary/aromatic N) is 2. The Morgan fingerprint density at radius 3 is 2.50 bits per heavy atom. The molecule has 1 aliphatic heterocycles. The molecule has 0 bridgehead atoms. The third-order valence-corrected chi connectivity index (χ3v) is 4.33. The Balaban J connectivity index is 1.92. The average Bonchev–Trinajstić information content (AvgIpc) is 2.59. The Hall–Kier alpha value is -2.60. The van der Waals surface area contributed by atoms with E-state index >= 15 is 0 Å². The zero-order valence-electron chi connectivity index (χ0n) is 13.9. The molecule has 1 amide bonds. The summed E-state index contributed by atoms with van der Waals surface area (Å²) >= 11 is 0. The number of aryl methyl sites for hydroxylation is 2. The quantitative estimate of drug-likeness (QED) is 0.867. The SMILES string of the molecule is Cc1cc(-c2ccc(C(=O)N3CCNCC3)c(O)c2)cn(C)c1=O. The first-order valence-electron chi connectivity index (χ1n) is 7.98. The molecule has 0 unspecified atom stereocenters. The van der Waals surface area contributed by atoms with Crippen LogP contribution in [0.2, 0.25) is 0 Å². The first-order valence-corrected chi connectivity index (χ1v) is 7.98. The Kier molecular flexibility index (Phi) is 4.40. The molecule has 1 aliphatic rings. The van der Waals surface area contributed by atoms with Crippen LogP contribution in [0.15, 0.2) is 35.3 Å². The van der Waals surface area contributed by atoms with Crippen LogP contribution >= 0.6 is 0 Å². The number of hydrogen-bond donors (Lipinski definition) is 2. The molecule has 1 saturated heterocycles. The average molecular weight is 327 g/mol. The second kappa shape index (κ2) is 6.49. The number of rotatable bonds is 2. The standard InChI is InChI=1S/C18H21N3O3/c1-12-9-14(11-20(2)17(12)23)13-3-4-15(16(22)10-13)18(24)21-7-5-19-6-8-21/h3-4,9-11,19,22H,5-8H2,1-2H3. The maximum Gasteiger partial charge on any atom is 0.257 e. The molecule has 2 N–H and O–H groups in total. The first kappa shape index (κ1) is 16.3. The number of benzene rings is 1. The summed E-state index contributed by atoms with van der Waals surface area (Å²) in [5, 5.41) is 13.5. The van der Waals surface area contributed by atoms with Gasteiger partial charge in [-0.05, 0) is 36.2 Å². The van der Waals surface area contributed by atoms with E-state index in [1.54, 1.807) is 49.3 Å². The van der Waals surface area contributed by atoms with Crippen molar-refractivity contribution in [3.8, 4) is 16.9 Å². The summed E-state index contributed by atoms with van der Waals surface area (Å²) < 4.78 is 1.52. The van der Waals surface area contributed by atoms with E-state index in [9.17, 15) is 14.7 Å². The predicted octanol–water partition coefficient (Wildman–Crippen LogP) is 1.11. The van der Waals surface area contributed by atoms with E-state index in [2.05, 4.69) is 5.32 Å². The molecular formula is C18H21N3O3. The topological polar surface area (TPSA) is 74.6 Å². The normalized spacial score (nSPS) is 14.7. The van der Waals surface area contributed by atoms with Crippen LogP contribution in [0.5, 0.6) is 5.75 Å². The lowest BCUT2D eigenvalue weighted by molar-refractivity contribution is 0.0733. The second-order valence-corrected chi connectivity index (χ2v) is 6.10. The molecule has 1 fully saturated rings. The summed E-state index contributed by atoms with van der Waals surface area (Å²) in [6.07, 6.45) is 1.72. The molecular weight excluding hydrogens is 306 g/mol. The largest absolute Gasteiger partial charge is 0.507 e. The van der Waals surface area contributed by atoms with Gasteiger partial charge in [-0.25, -0.2) is 0 Å². The van der Waals surface area contributed by atoms with E-state index in [0.717, 1.165) is 24.2 Å². The smallest absolute Gasteiger partial charge is 0.257 e. The summed E-state index contributed by atoms with van der Waals surface area (Å²) in [5.41, 5.74) is 2.49. The van der Waals surface area contributed by atoms with Crippen LogP contribution in [-0.4, -0.2) is 46.7 Å². The van der Waals surface area contributed by atoms with Gasteiger partial charge in [-0.2, -0.15) is 0 Å². The van der Waals surface area contributed by atoms with Crippen LogP contribution in [0.25, 0.3) is 11.1 Å². The number of hydrogen-bond acceptors (Lipinski definition) is 4. The number of piperazine rings is 1. The maximum atomic E-state index is 12.5. The zero-order chi connectivity index (χ0) is 17.3. The molecule has 6 heteroatoms. The van der Waals surface area contributed by atoms with Crippen LogP contribution in [0.3, 0.4) is 0 Å². The van der Waals surface area contributed by atoms with Crippen molar-refractivity contribution in [2.45, 2.75) is 6.92 Å². The molecule has 6 nitrogen and oxygen atoms in total. The second-order valence-electron chi connectivity index (χ2n) is 6.10. The molecule has 0 spiro atoms. The summed E-state index contributed by atoms with van der Waals surface area (Å²) in [7, 11) is 1.70. The molecule has 0 atom stereocenters. The summed E-state index contributed by atoms with van der Waals surface area (Å²) in [4.78, 5) is 26.0. The Morgan fingerprint density at radius 2 is 1.88 bits per heavy atom. The van der Waals surface area contributed by atoms with Crippen molar-refractivity contribution in [1.82, 2.24) is 14.8 Å². The van der Waals surface area contributed by atoms with E-state index in [0.29, 0.717) is 24.2 Å². The molecule has 0 aliphatic carbocycles. The number of nitrogens with one attached hydrogen (secondary N) is 1. The van der Waals surface area contributed by atoms with Crippen molar-refractivity contribution >= 4 is 5.91 Å². The number of carbonyl (C=O) groups excluding carboxylic acids is 1. The maximum absolute atomic E-state index is 12.5. The van der Waals surface area contributed by atoms with Crippen molar-refractivity contribution in [2.24, 2.45) is 7.05 Å². The van der Waals surface area contributed by atoms with Crippen LogP contribution in [0.1, 0.15) is 15.9 Å². The van der Waals surface area contributed by atoms with Gasteiger partial charge in [-0.15, -0.1) is 0 Å². The summed E-state index contributed by atoms with van der Waals surface area (Å²) in [6.45, 7) is 4.57. The third kappa shape index (κ3) is 3.05. The number of phenols is 1. The lowest BCUT2D eigenvalue weighted by Gasteiger charge is -2.27. The minimum Gasteiger partial charge on any atom is -0.507 e. The lowest BCUT2D eigenvalue weighted by Crippen LogP contribution is -2.46. The van der Waals surface area contributed by atoms with Gasteiger partial charge in [0.15, 0.2) is 0 Å². The monoisotopic (exact) mass is 327 g/mol. The number of aromatic hydroxyl groups is 1. The molecule has 1 aromatic carbocycles. The fourth-order valence-electron chi connectivity index (χ4n) is 2.97. The molecule has 24 heavy (non-hydrogen) atoms. The number of amides is 1. The van der Waals surface area contributed by atoms with E-state index in [1.165, 1.54) is 4.57 Å². The van der Waals surface area contributed by atoms with Crippen molar-refractivity contribution in [3.63, 3.8) is 0 Å². The van der Waals surface area contributed by atoms with E-state index in [-0.39, 0.29) is 17.2 Å². The van der Waals surface area contributed by atoms with Crippen LogP contribution < -0.4 is 10.9 Å². The van der Waals surface area contributed by atoms with Gasteiger partial charge < -0.3 is 19.9 Å². The molecule has 126 valence electrons. The van der Waals surface area contributed by atoms with Crippen molar-refractivity contribution in [2.75, 3.05) is 26.2 Å². The first-order chi connectivity index (χ1) is 11.5. The lowest BCUT2D eigenvalue weighted by atomic mass is 10.0. The van der Waals surface area contributed by atoms with Gasteiger partial charge in [-0.3, -0.25) is 9.59 Å². The van der Waals surface area contributed by atoms with Crippen molar-refractivity contribution in [3.05, 3.63) is 51.9 Å². The molecule has 3 rings (SSSR count). The van der Waals surface area contributed by atoms with Crippen molar-refractivity contribution in [1.29, 1.82) is 0 Å². The summed E-state index contributed by atoms with van der Waals surface area (Å²) in [5.74, 6) is -0.195. The van der Waals surface area contributed by atoms with Crippen LogP contribution in [0.4, 0.5) is 0 Å². The highest BCUT2D eigenvalue weighted by Gasteiger charge is 2.21. The highest BCUT2D eigenvalue weighted by Crippen LogP contribution is 2.27. The Morgan fingerprint density at radius 1 is 1.17 bits per heavy atom. The highest BCUT2D eigenvalue weighted by molar-refractivity contribution is 5.97. The minimum absolute atomic E-state index is 0.0393. The molecule has 0 radical (unpaired) electrons. The van der Waals surface area contributed by atoms with Gasteiger partial charge in [0.05, 0.1) is 5.56 Å². The number of pyridine rings is 1. The van der Waals surface area contributed by atoms with Crippen molar-refractivity contribution < 1.29 is 9.90 Å². The van der Waals surface area contributed by atoms with Gasteiger partial charge in [-0.1, -0.05) is 6.07 Å². The fraction of sp³-hybridized carbons (Fsp3) is 0.333. The van der Waals surface area contributed by atoms with E-state index in [4.69, 9.17) is 0 Å². The number of phenolic OH excluding ortho intramolecular Hbond substituents is 1. The minimum atomic E-state index is -0.155. The van der Waals surface area contributed by atoms with Gasteiger partial charge >= 0.3 is 0 Å². The van der Waals surface area contributed by atoms with Gasteiger partial charge in [0.1, 0.15) is 5.75 Å².